The van der Waals surface area contributed by atoms with Crippen LogP contribution < -0.4 is 5.56 Å². The van der Waals surface area contributed by atoms with Crippen LogP contribution in [0, 0.1) is 0 Å². The van der Waals surface area contributed by atoms with Gasteiger partial charge in [0.15, 0.2) is 6.10 Å². The molecule has 2 heterocycles. The first-order valence-corrected chi connectivity index (χ1v) is 8.23. The van der Waals surface area contributed by atoms with Crippen LogP contribution in [-0.4, -0.2) is 15.4 Å². The predicted molar refractivity (Wildman–Crippen MR) is 97.3 cm³/mol. The van der Waals surface area contributed by atoms with Crippen molar-refractivity contribution in [2.24, 2.45) is 12.2 Å². The minimum absolute atomic E-state index is 0.0576. The molecule has 0 saturated heterocycles. The Kier molecular flexibility index (Phi) is 3.73. The van der Waals surface area contributed by atoms with Gasteiger partial charge in [0.2, 0.25) is 0 Å². The molecule has 0 bridgehead atoms. The van der Waals surface area contributed by atoms with Crippen molar-refractivity contribution in [1.82, 2.24) is 4.57 Å². The van der Waals surface area contributed by atoms with Gasteiger partial charge in [-0.2, -0.15) is 0 Å². The van der Waals surface area contributed by atoms with E-state index in [-0.39, 0.29) is 23.0 Å². The monoisotopic (exact) mass is 354 g/mol. The maximum absolute atomic E-state index is 12.7. The smallest absolute Gasteiger partial charge is 0.263 e. The molecular weight excluding hydrogens is 340 g/mol. The molecule has 1 atom stereocenters. The molecule has 0 fully saturated rings. The van der Waals surface area contributed by atoms with Gasteiger partial charge in [-0.05, 0) is 29.8 Å². The zero-order valence-electron chi connectivity index (χ0n) is 13.4. The Morgan fingerprint density at radius 3 is 2.68 bits per heavy atom. The van der Waals surface area contributed by atoms with Crippen LogP contribution in [0.25, 0.3) is 10.9 Å². The summed E-state index contributed by atoms with van der Waals surface area (Å²) in [6, 6.07) is 14.5. The lowest BCUT2D eigenvalue weighted by atomic mass is 9.99. The number of halogens is 1. The van der Waals surface area contributed by atoms with Crippen molar-refractivity contribution in [3.8, 4) is 5.75 Å². The van der Waals surface area contributed by atoms with Gasteiger partial charge in [0.25, 0.3) is 5.56 Å². The van der Waals surface area contributed by atoms with E-state index in [1.54, 1.807) is 31.3 Å². The molecule has 3 aromatic rings. The molecule has 1 N–H and O–H groups in total. The lowest BCUT2D eigenvalue weighted by Crippen LogP contribution is -2.24. The quantitative estimate of drug-likeness (QED) is 0.762. The van der Waals surface area contributed by atoms with Gasteiger partial charge in [-0.15, -0.1) is 0 Å². The van der Waals surface area contributed by atoms with E-state index >= 15 is 0 Å². The van der Waals surface area contributed by atoms with E-state index in [1.807, 2.05) is 24.3 Å². The molecule has 0 aliphatic carbocycles. The Balaban J connectivity index is 1.76. The first kappa shape index (κ1) is 15.7. The molecular formula is C19H15ClN2O3. The van der Waals surface area contributed by atoms with Crippen LogP contribution in [0.3, 0.4) is 0 Å². The molecule has 1 unspecified atom stereocenters. The third kappa shape index (κ3) is 2.57. The summed E-state index contributed by atoms with van der Waals surface area (Å²) in [6.07, 6.45) is 0.103. The van der Waals surface area contributed by atoms with Crippen LogP contribution in [-0.2, 0) is 11.9 Å². The summed E-state index contributed by atoms with van der Waals surface area (Å²) < 4.78 is 1.52. The summed E-state index contributed by atoms with van der Waals surface area (Å²) in [5.74, 6) is -0.0576. The average molecular weight is 355 g/mol. The first-order valence-electron chi connectivity index (χ1n) is 7.85. The molecule has 4 rings (SSSR count). The van der Waals surface area contributed by atoms with Gasteiger partial charge >= 0.3 is 0 Å². The fraction of sp³-hybridized carbons (Fsp3) is 0.158. The molecule has 5 nitrogen and oxygen atoms in total. The number of hydrogen-bond donors (Lipinski definition) is 1. The number of nitrogens with zero attached hydrogens (tertiary/aromatic N) is 2. The fourth-order valence-corrected chi connectivity index (χ4v) is 3.25. The zero-order chi connectivity index (χ0) is 17.6. The van der Waals surface area contributed by atoms with Gasteiger partial charge in [-0.25, -0.2) is 0 Å². The second-order valence-corrected chi connectivity index (χ2v) is 6.43. The highest BCUT2D eigenvalue weighted by Crippen LogP contribution is 2.33. The van der Waals surface area contributed by atoms with Crippen molar-refractivity contribution in [1.29, 1.82) is 0 Å². The van der Waals surface area contributed by atoms with Crippen LogP contribution >= 0.6 is 11.6 Å². The minimum atomic E-state index is -0.303. The summed E-state index contributed by atoms with van der Waals surface area (Å²) in [5, 5.41) is 16.0. The van der Waals surface area contributed by atoms with Crippen molar-refractivity contribution >= 4 is 28.2 Å². The van der Waals surface area contributed by atoms with Gasteiger partial charge in [0, 0.05) is 23.9 Å². The SMILES string of the molecule is Cn1c(=O)c(C2=NOC(c3ccc(Cl)cc3)C2)c(O)c2ccccc21. The molecule has 0 spiro atoms. The van der Waals surface area contributed by atoms with Gasteiger partial charge in [0.1, 0.15) is 17.0 Å². The van der Waals surface area contributed by atoms with E-state index in [9.17, 15) is 9.90 Å². The van der Waals surface area contributed by atoms with Crippen molar-refractivity contribution < 1.29 is 9.94 Å². The number of aromatic hydroxyl groups is 1. The molecule has 0 radical (unpaired) electrons. The highest BCUT2D eigenvalue weighted by atomic mass is 35.5. The Labute approximate surface area is 148 Å². The summed E-state index contributed by atoms with van der Waals surface area (Å²) in [6.45, 7) is 0. The number of pyridine rings is 1. The maximum Gasteiger partial charge on any atom is 0.263 e. The molecule has 25 heavy (non-hydrogen) atoms. The Morgan fingerprint density at radius 2 is 1.92 bits per heavy atom. The Bertz CT molecular complexity index is 1050. The zero-order valence-corrected chi connectivity index (χ0v) is 14.2. The summed E-state index contributed by atoms with van der Waals surface area (Å²) >= 11 is 5.91. The number of aromatic nitrogens is 1. The molecule has 2 aromatic carbocycles. The molecule has 1 aromatic heterocycles. The third-order valence-electron chi connectivity index (χ3n) is 4.48. The Hall–Kier alpha value is -2.79. The number of para-hydroxylation sites is 1. The van der Waals surface area contributed by atoms with Crippen LogP contribution in [0.2, 0.25) is 5.02 Å². The largest absolute Gasteiger partial charge is 0.506 e. The summed E-state index contributed by atoms with van der Waals surface area (Å²) in [5.41, 5.74) is 1.93. The summed E-state index contributed by atoms with van der Waals surface area (Å²) in [7, 11) is 1.68. The number of aryl methyl sites for hydroxylation is 1. The van der Waals surface area contributed by atoms with Crippen molar-refractivity contribution in [3.63, 3.8) is 0 Å². The average Bonchev–Trinajstić information content (AvgIpc) is 3.10. The van der Waals surface area contributed by atoms with Crippen molar-refractivity contribution in [3.05, 3.63) is 75.0 Å². The van der Waals surface area contributed by atoms with E-state index < -0.39 is 0 Å². The standard InChI is InChI=1S/C19H15ClN2O3/c1-22-15-5-3-2-4-13(15)18(23)17(19(22)24)14-10-16(25-21-14)11-6-8-12(20)9-7-11/h2-9,16,23H,10H2,1H3. The van der Waals surface area contributed by atoms with Crippen LogP contribution in [0.15, 0.2) is 58.5 Å². The van der Waals surface area contributed by atoms with Gasteiger partial charge in [-0.1, -0.05) is 41.0 Å². The minimum Gasteiger partial charge on any atom is -0.506 e. The van der Waals surface area contributed by atoms with E-state index in [4.69, 9.17) is 16.4 Å². The van der Waals surface area contributed by atoms with E-state index in [0.29, 0.717) is 28.1 Å². The number of benzene rings is 2. The highest BCUT2D eigenvalue weighted by Gasteiger charge is 2.29. The number of oxime groups is 1. The molecule has 126 valence electrons. The first-order chi connectivity index (χ1) is 12.1. The molecule has 1 aliphatic rings. The van der Waals surface area contributed by atoms with Gasteiger partial charge in [-0.3, -0.25) is 4.79 Å². The number of hydrogen-bond acceptors (Lipinski definition) is 4. The maximum atomic E-state index is 12.7. The topological polar surface area (TPSA) is 63.8 Å². The molecule has 0 saturated carbocycles. The normalized spacial score (nSPS) is 16.7. The molecule has 0 amide bonds. The van der Waals surface area contributed by atoms with Crippen molar-refractivity contribution in [2.75, 3.05) is 0 Å². The molecule has 6 heteroatoms. The van der Waals surface area contributed by atoms with Crippen LogP contribution in [0.1, 0.15) is 23.7 Å². The predicted octanol–water partition coefficient (Wildman–Crippen LogP) is 3.76. The molecule has 1 aliphatic heterocycles. The van der Waals surface area contributed by atoms with Gasteiger partial charge in [0.05, 0.1) is 5.52 Å². The lowest BCUT2D eigenvalue weighted by molar-refractivity contribution is 0.0857. The number of fused-ring (bicyclic) bond motifs is 1. The number of rotatable bonds is 2. The second-order valence-electron chi connectivity index (χ2n) is 5.99. The summed E-state index contributed by atoms with van der Waals surface area (Å²) in [4.78, 5) is 18.2. The van der Waals surface area contributed by atoms with E-state index in [0.717, 1.165) is 5.56 Å². The van der Waals surface area contributed by atoms with Crippen LogP contribution in [0.5, 0.6) is 5.75 Å². The second kappa shape index (κ2) is 5.93. The fourth-order valence-electron chi connectivity index (χ4n) is 3.12. The van der Waals surface area contributed by atoms with Crippen LogP contribution in [0.4, 0.5) is 0 Å². The highest BCUT2D eigenvalue weighted by molar-refractivity contribution is 6.30. The van der Waals surface area contributed by atoms with Crippen molar-refractivity contribution in [2.45, 2.75) is 12.5 Å². The van der Waals surface area contributed by atoms with E-state index in [2.05, 4.69) is 5.16 Å². The third-order valence-corrected chi connectivity index (χ3v) is 4.73. The lowest BCUT2D eigenvalue weighted by Gasteiger charge is -2.11. The Morgan fingerprint density at radius 1 is 1.20 bits per heavy atom. The van der Waals surface area contributed by atoms with E-state index in [1.165, 1.54) is 4.57 Å². The van der Waals surface area contributed by atoms with Gasteiger partial charge < -0.3 is 14.5 Å².